The molecule has 0 amide bonds. The van der Waals surface area contributed by atoms with E-state index in [9.17, 15) is 4.79 Å². The summed E-state index contributed by atoms with van der Waals surface area (Å²) in [4.78, 5) is 13.4. The van der Waals surface area contributed by atoms with Gasteiger partial charge in [0.05, 0.1) is 10.7 Å². The van der Waals surface area contributed by atoms with Crippen LogP contribution in [0.1, 0.15) is 44.0 Å². The monoisotopic (exact) mass is 253 g/mol. The van der Waals surface area contributed by atoms with Crippen LogP contribution in [-0.4, -0.2) is 18.9 Å². The summed E-state index contributed by atoms with van der Waals surface area (Å²) >= 11 is 6.23. The predicted molar refractivity (Wildman–Crippen MR) is 74.2 cm³/mol. The number of rotatable bonds is 5. The van der Waals surface area contributed by atoms with Gasteiger partial charge in [-0.3, -0.25) is 4.79 Å². The van der Waals surface area contributed by atoms with Gasteiger partial charge in [-0.15, -0.1) is 0 Å². The summed E-state index contributed by atoms with van der Waals surface area (Å²) in [5, 5.41) is 0.645. The van der Waals surface area contributed by atoms with E-state index < -0.39 is 0 Å². The Kier molecular flexibility index (Phi) is 5.01. The second kappa shape index (κ2) is 6.06. The number of carbonyl (C=O) groups is 1. The molecule has 0 aliphatic rings. The Hall–Kier alpha value is -1.02. The number of hydrogen-bond donors (Lipinski definition) is 0. The highest BCUT2D eigenvalue weighted by Gasteiger charge is 2.14. The Labute approximate surface area is 109 Å². The molecule has 1 aromatic rings. The van der Waals surface area contributed by atoms with Crippen LogP contribution in [0.5, 0.6) is 0 Å². The Balaban J connectivity index is 3.03. The molecule has 0 fully saturated rings. The molecule has 0 aromatic heterocycles. The number of Topliss-reactive ketones (excluding diaryl/α,β-unsaturated/α-hetero) is 1. The summed E-state index contributed by atoms with van der Waals surface area (Å²) in [6.07, 6.45) is 2.16. The molecule has 0 spiro atoms. The topological polar surface area (TPSA) is 20.3 Å². The summed E-state index contributed by atoms with van der Waals surface area (Å²) in [7, 11) is 2.05. The van der Waals surface area contributed by atoms with Gasteiger partial charge in [-0.25, -0.2) is 0 Å². The van der Waals surface area contributed by atoms with Crippen LogP contribution in [0.4, 0.5) is 5.69 Å². The molecule has 0 saturated carbocycles. The lowest BCUT2D eigenvalue weighted by Gasteiger charge is -2.29. The van der Waals surface area contributed by atoms with Crippen LogP contribution in [0.25, 0.3) is 0 Å². The van der Waals surface area contributed by atoms with Gasteiger partial charge < -0.3 is 4.90 Å². The minimum Gasteiger partial charge on any atom is -0.370 e. The van der Waals surface area contributed by atoms with E-state index in [1.165, 1.54) is 0 Å². The van der Waals surface area contributed by atoms with E-state index in [1.54, 1.807) is 13.0 Å². The highest BCUT2D eigenvalue weighted by molar-refractivity contribution is 6.33. The molecule has 3 heteroatoms. The second-order valence-corrected chi connectivity index (χ2v) is 4.71. The zero-order valence-electron chi connectivity index (χ0n) is 11.0. The number of anilines is 1. The molecule has 0 radical (unpaired) electrons. The largest absolute Gasteiger partial charge is 0.370 e. The first-order valence-electron chi connectivity index (χ1n) is 6.04. The average Bonchev–Trinajstić information content (AvgIpc) is 2.30. The summed E-state index contributed by atoms with van der Waals surface area (Å²) in [6.45, 7) is 5.89. The van der Waals surface area contributed by atoms with Crippen molar-refractivity contribution in [3.8, 4) is 0 Å². The van der Waals surface area contributed by atoms with Crippen LogP contribution in [0.15, 0.2) is 18.2 Å². The van der Waals surface area contributed by atoms with Crippen molar-refractivity contribution >= 4 is 23.1 Å². The maximum atomic E-state index is 11.3. The van der Waals surface area contributed by atoms with Gasteiger partial charge in [-0.05, 0) is 38.0 Å². The van der Waals surface area contributed by atoms with Gasteiger partial charge in [-0.2, -0.15) is 0 Å². The lowest BCUT2D eigenvalue weighted by molar-refractivity contribution is 0.101. The lowest BCUT2D eigenvalue weighted by Crippen LogP contribution is -2.30. The minimum atomic E-state index is 0.0450. The van der Waals surface area contributed by atoms with Gasteiger partial charge in [0, 0.05) is 18.7 Å². The fourth-order valence-corrected chi connectivity index (χ4v) is 2.36. The maximum Gasteiger partial charge on any atom is 0.159 e. The third-order valence-electron chi connectivity index (χ3n) is 3.22. The Morgan fingerprint density at radius 1 is 1.35 bits per heavy atom. The van der Waals surface area contributed by atoms with Crippen LogP contribution >= 0.6 is 11.6 Å². The molecule has 17 heavy (non-hydrogen) atoms. The standard InChI is InChI=1S/C14H20ClNO/c1-5-12(6-2)16(4)14-8-7-11(10(3)17)9-13(14)15/h7-9,12H,5-6H2,1-4H3. The Morgan fingerprint density at radius 2 is 1.94 bits per heavy atom. The fourth-order valence-electron chi connectivity index (χ4n) is 2.05. The third-order valence-corrected chi connectivity index (χ3v) is 3.53. The molecule has 1 aromatic carbocycles. The number of nitrogens with zero attached hydrogens (tertiary/aromatic N) is 1. The normalized spacial score (nSPS) is 10.7. The molecule has 0 heterocycles. The molecule has 0 unspecified atom stereocenters. The van der Waals surface area contributed by atoms with Crippen LogP contribution in [0.2, 0.25) is 5.02 Å². The molecule has 0 bridgehead atoms. The molecule has 0 atom stereocenters. The van der Waals surface area contributed by atoms with E-state index in [1.807, 2.05) is 19.2 Å². The smallest absolute Gasteiger partial charge is 0.159 e. The van der Waals surface area contributed by atoms with E-state index in [0.29, 0.717) is 16.6 Å². The molecular formula is C14H20ClNO. The quantitative estimate of drug-likeness (QED) is 0.734. The van der Waals surface area contributed by atoms with Crippen LogP contribution in [-0.2, 0) is 0 Å². The van der Waals surface area contributed by atoms with Crippen molar-refractivity contribution in [1.29, 1.82) is 0 Å². The third kappa shape index (κ3) is 3.22. The van der Waals surface area contributed by atoms with Gasteiger partial charge in [-0.1, -0.05) is 25.4 Å². The average molecular weight is 254 g/mol. The summed E-state index contributed by atoms with van der Waals surface area (Å²) in [5.41, 5.74) is 1.65. The molecular weight excluding hydrogens is 234 g/mol. The summed E-state index contributed by atoms with van der Waals surface area (Å²) in [6, 6.07) is 5.99. The first-order chi connectivity index (χ1) is 8.01. The van der Waals surface area contributed by atoms with Crippen molar-refractivity contribution in [2.24, 2.45) is 0 Å². The molecule has 0 aliphatic heterocycles. The lowest BCUT2D eigenvalue weighted by atomic mass is 10.1. The molecule has 94 valence electrons. The number of hydrogen-bond acceptors (Lipinski definition) is 2. The van der Waals surface area contributed by atoms with Gasteiger partial charge in [0.2, 0.25) is 0 Å². The highest BCUT2D eigenvalue weighted by atomic mass is 35.5. The predicted octanol–water partition coefficient (Wildman–Crippen LogP) is 4.17. The van der Waals surface area contributed by atoms with Gasteiger partial charge >= 0.3 is 0 Å². The van der Waals surface area contributed by atoms with Gasteiger partial charge in [0.1, 0.15) is 0 Å². The van der Waals surface area contributed by atoms with Crippen molar-refractivity contribution < 1.29 is 4.79 Å². The van der Waals surface area contributed by atoms with E-state index in [2.05, 4.69) is 18.7 Å². The maximum absolute atomic E-state index is 11.3. The summed E-state index contributed by atoms with van der Waals surface area (Å²) < 4.78 is 0. The van der Waals surface area contributed by atoms with Crippen LogP contribution < -0.4 is 4.90 Å². The molecule has 0 N–H and O–H groups in total. The van der Waals surface area contributed by atoms with Gasteiger partial charge in [0.25, 0.3) is 0 Å². The van der Waals surface area contributed by atoms with Crippen molar-refractivity contribution in [1.82, 2.24) is 0 Å². The van der Waals surface area contributed by atoms with Crippen LogP contribution in [0.3, 0.4) is 0 Å². The number of halogens is 1. The van der Waals surface area contributed by atoms with E-state index in [4.69, 9.17) is 11.6 Å². The van der Waals surface area contributed by atoms with E-state index in [0.717, 1.165) is 18.5 Å². The molecule has 0 saturated heterocycles. The first-order valence-corrected chi connectivity index (χ1v) is 6.42. The van der Waals surface area contributed by atoms with Crippen molar-refractivity contribution in [3.05, 3.63) is 28.8 Å². The SMILES string of the molecule is CCC(CC)N(C)c1ccc(C(C)=O)cc1Cl. The van der Waals surface area contributed by atoms with Crippen molar-refractivity contribution in [3.63, 3.8) is 0 Å². The summed E-state index contributed by atoms with van der Waals surface area (Å²) in [5.74, 6) is 0.0450. The van der Waals surface area contributed by atoms with Gasteiger partial charge in [0.15, 0.2) is 5.78 Å². The van der Waals surface area contributed by atoms with Crippen molar-refractivity contribution in [2.45, 2.75) is 39.7 Å². The van der Waals surface area contributed by atoms with Crippen molar-refractivity contribution in [2.75, 3.05) is 11.9 Å². The Bertz CT molecular complexity index is 399. The zero-order chi connectivity index (χ0) is 13.0. The molecule has 2 nitrogen and oxygen atoms in total. The van der Waals surface area contributed by atoms with E-state index >= 15 is 0 Å². The number of ketones is 1. The van der Waals surface area contributed by atoms with E-state index in [-0.39, 0.29) is 5.78 Å². The fraction of sp³-hybridized carbons (Fsp3) is 0.500. The minimum absolute atomic E-state index is 0.0450. The Morgan fingerprint density at radius 3 is 2.35 bits per heavy atom. The zero-order valence-corrected chi connectivity index (χ0v) is 11.7. The highest BCUT2D eigenvalue weighted by Crippen LogP contribution is 2.28. The second-order valence-electron chi connectivity index (χ2n) is 4.30. The molecule has 1 rings (SSSR count). The number of benzene rings is 1. The van der Waals surface area contributed by atoms with Crippen LogP contribution in [0, 0.1) is 0 Å². The molecule has 0 aliphatic carbocycles. The number of carbonyl (C=O) groups excluding carboxylic acids is 1. The first kappa shape index (κ1) is 14.0.